The van der Waals surface area contributed by atoms with Gasteiger partial charge in [0.25, 0.3) is 7.41 Å². The molecule has 0 saturated heterocycles. The molecular formula is C81H105BN6O4. The first-order valence-electron chi connectivity index (χ1n) is 34.1. The fraction of sp³-hybridized carbons (Fsp3) is 0.506. The molecule has 9 rings (SSSR count). The van der Waals surface area contributed by atoms with Crippen molar-refractivity contribution < 1.29 is 18.6 Å². The Balaban J connectivity index is 1.32. The number of aromatic nitrogens is 3. The number of oxazole rings is 1. The summed E-state index contributed by atoms with van der Waals surface area (Å²) in [5, 5.41) is 26.6. The Hall–Kier alpha value is -7.50. The van der Waals surface area contributed by atoms with Crippen LogP contribution in [0.15, 0.2) is 130 Å². The molecule has 0 radical (unpaired) electrons. The van der Waals surface area contributed by atoms with Gasteiger partial charge in [0, 0.05) is 34.6 Å². The summed E-state index contributed by atoms with van der Waals surface area (Å²) in [7, 11) is 2.37. The predicted molar refractivity (Wildman–Crippen MR) is 384 cm³/mol. The highest BCUT2D eigenvalue weighted by Crippen LogP contribution is 2.41. The molecule has 92 heavy (non-hydrogen) atoms. The number of ether oxygens (including phenoxy) is 3. The number of allylic oxidation sites excluding steroid dienone is 2. The highest BCUT2D eigenvalue weighted by molar-refractivity contribution is 6.53. The maximum absolute atomic E-state index is 12.0. The molecule has 1 aliphatic heterocycles. The van der Waals surface area contributed by atoms with E-state index in [4.69, 9.17) is 28.6 Å². The molecule has 10 nitrogen and oxygen atoms in total. The zero-order chi connectivity index (χ0) is 66.6. The summed E-state index contributed by atoms with van der Waals surface area (Å²) in [4.78, 5) is 10.3. The van der Waals surface area contributed by atoms with Crippen molar-refractivity contribution in [2.24, 2.45) is 69.2 Å². The van der Waals surface area contributed by atoms with E-state index in [1.165, 1.54) is 12.8 Å². The zero-order valence-electron chi connectivity index (χ0n) is 59.2. The first-order valence-corrected chi connectivity index (χ1v) is 34.1. The van der Waals surface area contributed by atoms with E-state index >= 15 is 0 Å². The molecular weight excluding hydrogens is 1130 g/mol. The zero-order valence-corrected chi connectivity index (χ0v) is 59.2. The normalized spacial score (nSPS) is 18.0. The van der Waals surface area contributed by atoms with E-state index in [9.17, 15) is 10.5 Å². The van der Waals surface area contributed by atoms with Crippen LogP contribution in [0.3, 0.4) is 0 Å². The van der Waals surface area contributed by atoms with Gasteiger partial charge in [0.05, 0.1) is 29.6 Å². The molecule has 7 aromatic rings. The van der Waals surface area contributed by atoms with Crippen LogP contribution in [-0.4, -0.2) is 52.7 Å². The second kappa shape index (κ2) is 28.4. The minimum absolute atomic E-state index is 0.162. The number of nitrogens with zero attached hydrogens (tertiary/aromatic N) is 6. The van der Waals surface area contributed by atoms with Crippen molar-refractivity contribution in [3.8, 4) is 46.2 Å². The van der Waals surface area contributed by atoms with Gasteiger partial charge < -0.3 is 27.7 Å². The Morgan fingerprint density at radius 2 is 1.15 bits per heavy atom. The molecule has 11 heteroatoms. The summed E-state index contributed by atoms with van der Waals surface area (Å²) < 4.78 is 32.1. The van der Waals surface area contributed by atoms with Crippen LogP contribution in [0.4, 0.5) is 0 Å². The topological polar surface area (TPSA) is 124 Å². The van der Waals surface area contributed by atoms with Crippen molar-refractivity contribution in [1.29, 1.82) is 10.5 Å². The minimum atomic E-state index is -0.373. The quantitative estimate of drug-likeness (QED) is 0.0552. The van der Waals surface area contributed by atoms with Gasteiger partial charge in [-0.2, -0.15) is 10.5 Å². The number of rotatable bonds is 24. The van der Waals surface area contributed by atoms with Gasteiger partial charge in [0.2, 0.25) is 11.8 Å². The highest BCUT2D eigenvalue weighted by atomic mass is 16.5. The minimum Gasteiger partial charge on any atom is -0.493 e. The molecule has 3 aromatic heterocycles. The lowest BCUT2D eigenvalue weighted by Crippen LogP contribution is -2.33. The Bertz CT molecular complexity index is 4060. The lowest BCUT2D eigenvalue weighted by molar-refractivity contribution is 0.147. The third-order valence-electron chi connectivity index (χ3n) is 18.7. The molecule has 8 atom stereocenters. The number of hydrogen-bond acceptors (Lipinski definition) is 8. The van der Waals surface area contributed by atoms with Crippen molar-refractivity contribution in [3.05, 3.63) is 143 Å². The Kier molecular flexibility index (Phi) is 21.2. The summed E-state index contributed by atoms with van der Waals surface area (Å²) in [6.45, 7) is 42.9. The average molecular weight is 1240 g/mol. The van der Waals surface area contributed by atoms with Crippen molar-refractivity contribution in [2.75, 3.05) is 13.2 Å². The van der Waals surface area contributed by atoms with Crippen LogP contribution < -0.4 is 25.6 Å². The molecule has 0 N–H and O–H groups in total. The first-order chi connectivity index (χ1) is 43.3. The molecule has 4 aromatic carbocycles. The molecule has 0 saturated carbocycles. The van der Waals surface area contributed by atoms with Gasteiger partial charge >= 0.3 is 0 Å². The van der Waals surface area contributed by atoms with Gasteiger partial charge in [-0.1, -0.05) is 207 Å². The molecule has 0 fully saturated rings. The molecule has 4 heterocycles. The SMILES string of the molecule is CC1=CC2N=C(/C(C#N)=c3/c4c(-c5cccc(OCC(CCC(C)CC(C)(C)C)C(C)CC(C)(C)C)c5)n(Bc5ccccc5)/c(=C(/C#N)c5nc6cc(C)ccc6o5)c4c(-c4cccc(OCC(CCC(C)CC(C)(C)C)C(C)CC(C)(C)C)c4)n3C)OC2C=C1. The summed E-state index contributed by atoms with van der Waals surface area (Å²) in [5.41, 5.74) is 9.00. The fourth-order valence-electron chi connectivity index (χ4n) is 15.1. The molecule has 8 unspecified atom stereocenters. The van der Waals surface area contributed by atoms with Crippen molar-refractivity contribution >= 4 is 51.8 Å². The van der Waals surface area contributed by atoms with Gasteiger partial charge in [-0.3, -0.25) is 0 Å². The van der Waals surface area contributed by atoms with Crippen LogP contribution >= 0.6 is 0 Å². The van der Waals surface area contributed by atoms with Crippen LogP contribution in [0.2, 0.25) is 0 Å². The summed E-state index contributed by atoms with van der Waals surface area (Å²) in [5.74, 6) is 4.65. The fourth-order valence-corrected chi connectivity index (χ4v) is 15.1. The van der Waals surface area contributed by atoms with Crippen LogP contribution in [0.5, 0.6) is 11.5 Å². The number of hydrogen-bond donors (Lipinski definition) is 0. The van der Waals surface area contributed by atoms with Gasteiger partial charge in [-0.05, 0) is 158 Å². The van der Waals surface area contributed by atoms with Crippen LogP contribution in [0, 0.1) is 86.8 Å². The number of nitriles is 2. The highest BCUT2D eigenvalue weighted by Gasteiger charge is 2.36. The van der Waals surface area contributed by atoms with E-state index < -0.39 is 0 Å². The Labute approximate surface area is 551 Å². The van der Waals surface area contributed by atoms with E-state index in [2.05, 4.69) is 224 Å². The first kappa shape index (κ1) is 68.9. The van der Waals surface area contributed by atoms with E-state index in [-0.39, 0.29) is 56.7 Å². The molecule has 486 valence electrons. The van der Waals surface area contributed by atoms with E-state index in [0.29, 0.717) is 77.9 Å². The molecule has 0 spiro atoms. The number of fused-ring (bicyclic) bond motifs is 3. The van der Waals surface area contributed by atoms with Gasteiger partial charge in [-0.15, -0.1) is 0 Å². The summed E-state index contributed by atoms with van der Waals surface area (Å²) in [6.07, 6.45) is 14.7. The number of benzene rings is 4. The third kappa shape index (κ3) is 17.2. The predicted octanol–water partition coefficient (Wildman–Crippen LogP) is 18.2. The van der Waals surface area contributed by atoms with E-state index in [1.54, 1.807) is 0 Å². The maximum Gasteiger partial charge on any atom is 0.275 e. The maximum atomic E-state index is 12.0. The second-order valence-electron chi connectivity index (χ2n) is 32.6. The third-order valence-corrected chi connectivity index (χ3v) is 18.7. The molecule has 1 aliphatic carbocycles. The lowest BCUT2D eigenvalue weighted by Gasteiger charge is -2.31. The van der Waals surface area contributed by atoms with Crippen molar-refractivity contribution in [2.45, 2.75) is 188 Å². The van der Waals surface area contributed by atoms with Gasteiger partial charge in [0.1, 0.15) is 52.4 Å². The van der Waals surface area contributed by atoms with Crippen LogP contribution in [-0.2, 0) is 11.8 Å². The van der Waals surface area contributed by atoms with Gasteiger partial charge in [0.15, 0.2) is 5.58 Å². The molecule has 0 bridgehead atoms. The van der Waals surface area contributed by atoms with Gasteiger partial charge in [-0.25, -0.2) is 9.98 Å². The standard InChI is InChI=1S/C81H105BN6O4/c1-51-33-37-68-66(39-51)85-76(91-68)64(47-83)74-71-70(72(87(74)19)57-25-23-29-62(41-57)89-49-59(55(5)45-80(13,14)15)35-31-53(3)43-78(7,8)9)75(65(48-84)77-86-67-40-52(2)34-38-69(67)92-77)88(82-61-27-21-20-22-28-61)73(71)58-26-24-30-63(42-58)90-50-60(56(6)46-81(16,17)18)36-32-54(4)44-79(10,11)12/h20-30,33-34,37-42,53-56,59-60,66,68,82H,31-32,35-36,43-46,49-50H2,1-19H3/b74-64-,75-65-. The summed E-state index contributed by atoms with van der Waals surface area (Å²) in [6, 6.07) is 38.1. The number of aryl methyl sites for hydroxylation is 1. The van der Waals surface area contributed by atoms with E-state index in [0.717, 1.165) is 99.9 Å². The molecule has 2 aliphatic rings. The smallest absolute Gasteiger partial charge is 0.275 e. The second-order valence-corrected chi connectivity index (χ2v) is 32.6. The van der Waals surface area contributed by atoms with Crippen molar-refractivity contribution in [3.63, 3.8) is 0 Å². The number of aliphatic imine (C=N–C) groups is 1. The van der Waals surface area contributed by atoms with E-state index in [1.807, 2.05) is 44.3 Å². The van der Waals surface area contributed by atoms with Crippen LogP contribution in [0.25, 0.3) is 55.5 Å². The average Bonchev–Trinajstić information content (AvgIpc) is 1.54. The summed E-state index contributed by atoms with van der Waals surface area (Å²) >= 11 is 0. The van der Waals surface area contributed by atoms with Crippen LogP contribution in [0.1, 0.15) is 181 Å². The lowest BCUT2D eigenvalue weighted by atomic mass is 9.76. The largest absolute Gasteiger partial charge is 0.493 e. The Morgan fingerprint density at radius 3 is 1.68 bits per heavy atom. The Morgan fingerprint density at radius 1 is 0.620 bits per heavy atom. The van der Waals surface area contributed by atoms with Crippen molar-refractivity contribution in [1.82, 2.24) is 14.0 Å². The molecule has 0 amide bonds. The monoisotopic (exact) mass is 1240 g/mol.